The van der Waals surface area contributed by atoms with Crippen molar-refractivity contribution < 1.29 is 27.2 Å². The molecule has 0 N–H and O–H groups in total. The second kappa shape index (κ2) is 7.98. The van der Waals surface area contributed by atoms with Crippen LogP contribution in [0.3, 0.4) is 0 Å². The molecular weight excluding hydrogens is 363 g/mol. The van der Waals surface area contributed by atoms with Crippen molar-refractivity contribution in [3.63, 3.8) is 0 Å². The van der Waals surface area contributed by atoms with E-state index >= 15 is 0 Å². The molecule has 0 unspecified atom stereocenters. The number of benzene rings is 1. The number of likely N-dealkylation sites (tertiary alicyclic amines) is 1. The van der Waals surface area contributed by atoms with Gasteiger partial charge in [0.2, 0.25) is 17.6 Å². The zero-order chi connectivity index (χ0) is 19.4. The molecule has 1 aromatic heterocycles. The molecule has 0 radical (unpaired) electrons. The molecule has 9 heteroatoms. The van der Waals surface area contributed by atoms with Crippen molar-refractivity contribution in [2.45, 2.75) is 31.9 Å². The summed E-state index contributed by atoms with van der Waals surface area (Å²) in [6.07, 6.45) is -3.61. The van der Waals surface area contributed by atoms with E-state index in [1.807, 2.05) is 0 Å². The van der Waals surface area contributed by atoms with Crippen LogP contribution < -0.4 is 4.74 Å². The highest BCUT2D eigenvalue weighted by Gasteiger charge is 2.42. The molecule has 6 nitrogen and oxygen atoms in total. The number of rotatable bonds is 5. The van der Waals surface area contributed by atoms with E-state index in [9.17, 15) is 18.0 Å². The van der Waals surface area contributed by atoms with Gasteiger partial charge < -0.3 is 14.2 Å². The fourth-order valence-electron chi connectivity index (χ4n) is 3.06. The van der Waals surface area contributed by atoms with E-state index in [0.29, 0.717) is 24.5 Å². The van der Waals surface area contributed by atoms with Gasteiger partial charge in [0.05, 0.1) is 13.0 Å². The monoisotopic (exact) mass is 383 g/mol. The van der Waals surface area contributed by atoms with Crippen LogP contribution in [0.25, 0.3) is 11.4 Å². The number of piperidine rings is 1. The Morgan fingerprint density at radius 1 is 1.33 bits per heavy atom. The Labute approximate surface area is 154 Å². The normalized spacial score (nSPS) is 17.8. The number of carbonyl (C=O) groups is 1. The van der Waals surface area contributed by atoms with Crippen molar-refractivity contribution in [1.82, 2.24) is 15.0 Å². The Morgan fingerprint density at radius 2 is 2.07 bits per heavy atom. The van der Waals surface area contributed by atoms with Gasteiger partial charge in [0, 0.05) is 31.5 Å². The van der Waals surface area contributed by atoms with E-state index in [4.69, 9.17) is 9.26 Å². The summed E-state index contributed by atoms with van der Waals surface area (Å²) < 4.78 is 48.8. The molecular formula is C18H20F3N3O3. The van der Waals surface area contributed by atoms with Crippen LogP contribution in [-0.4, -0.2) is 47.3 Å². The first-order chi connectivity index (χ1) is 12.9. The van der Waals surface area contributed by atoms with E-state index in [-0.39, 0.29) is 37.6 Å². The fraction of sp³-hybridized carbons (Fsp3) is 0.500. The van der Waals surface area contributed by atoms with Crippen LogP contribution in [0.4, 0.5) is 13.2 Å². The minimum atomic E-state index is -4.27. The number of nitrogens with zero attached hydrogens (tertiary/aromatic N) is 3. The van der Waals surface area contributed by atoms with Gasteiger partial charge in [-0.05, 0) is 37.1 Å². The SMILES string of the molecule is COc1ccc(-c2noc(CCC(=O)N3CCC[C@@H](C(F)(F)F)C3)n2)cc1. The number of halogens is 3. The number of hydrogen-bond donors (Lipinski definition) is 0. The van der Waals surface area contributed by atoms with Crippen LogP contribution >= 0.6 is 0 Å². The van der Waals surface area contributed by atoms with E-state index in [1.165, 1.54) is 4.90 Å². The Balaban J connectivity index is 1.55. The lowest BCUT2D eigenvalue weighted by atomic mass is 9.97. The largest absolute Gasteiger partial charge is 0.497 e. The maximum absolute atomic E-state index is 12.9. The van der Waals surface area contributed by atoms with Crippen molar-refractivity contribution in [3.8, 4) is 17.1 Å². The van der Waals surface area contributed by atoms with Crippen LogP contribution in [-0.2, 0) is 11.2 Å². The highest BCUT2D eigenvalue weighted by Crippen LogP contribution is 2.33. The summed E-state index contributed by atoms with van der Waals surface area (Å²) in [6.45, 7) is 0.0790. The zero-order valence-corrected chi connectivity index (χ0v) is 14.8. The summed E-state index contributed by atoms with van der Waals surface area (Å²) in [7, 11) is 1.57. The van der Waals surface area contributed by atoms with Gasteiger partial charge in [0.25, 0.3) is 0 Å². The lowest BCUT2D eigenvalue weighted by molar-refractivity contribution is -0.188. The molecule has 146 valence electrons. The standard InChI is InChI=1S/C18H20F3N3O3/c1-26-14-6-4-12(5-7-14)17-22-15(27-23-17)8-9-16(25)24-10-2-3-13(11-24)18(19,20)21/h4-7,13H,2-3,8-11H2,1H3/t13-/m1/s1. The summed E-state index contributed by atoms with van der Waals surface area (Å²) in [4.78, 5) is 17.8. The third-order valence-corrected chi connectivity index (χ3v) is 4.61. The Morgan fingerprint density at radius 3 is 2.74 bits per heavy atom. The van der Waals surface area contributed by atoms with Crippen LogP contribution in [0.1, 0.15) is 25.2 Å². The van der Waals surface area contributed by atoms with Crippen LogP contribution in [0.15, 0.2) is 28.8 Å². The van der Waals surface area contributed by atoms with Crippen LogP contribution in [0.2, 0.25) is 0 Å². The third kappa shape index (κ3) is 4.78. The van der Waals surface area contributed by atoms with Gasteiger partial charge in [-0.1, -0.05) is 5.16 Å². The minimum absolute atomic E-state index is 0.0365. The first-order valence-corrected chi connectivity index (χ1v) is 8.68. The third-order valence-electron chi connectivity index (χ3n) is 4.61. The predicted octanol–water partition coefficient (Wildman–Crippen LogP) is 3.48. The zero-order valence-electron chi connectivity index (χ0n) is 14.8. The van der Waals surface area contributed by atoms with Gasteiger partial charge in [-0.2, -0.15) is 18.2 Å². The van der Waals surface area contributed by atoms with Crippen molar-refractivity contribution in [1.29, 1.82) is 0 Å². The second-order valence-electron chi connectivity index (χ2n) is 6.46. The number of carbonyl (C=O) groups excluding carboxylic acids is 1. The Hall–Kier alpha value is -2.58. The molecule has 1 aliphatic rings. The molecule has 1 fully saturated rings. The molecule has 2 aromatic rings. The number of aromatic nitrogens is 2. The molecule has 0 spiro atoms. The molecule has 0 bridgehead atoms. The van der Waals surface area contributed by atoms with Gasteiger partial charge in [-0.25, -0.2) is 0 Å². The molecule has 1 saturated heterocycles. The number of amides is 1. The molecule has 2 heterocycles. The number of methoxy groups -OCH3 is 1. The van der Waals surface area contributed by atoms with Crippen molar-refractivity contribution in [2.24, 2.45) is 5.92 Å². The average molecular weight is 383 g/mol. The molecule has 1 amide bonds. The summed E-state index contributed by atoms with van der Waals surface area (Å²) >= 11 is 0. The molecule has 1 atom stereocenters. The lowest BCUT2D eigenvalue weighted by Crippen LogP contribution is -2.44. The van der Waals surface area contributed by atoms with Crippen molar-refractivity contribution in [2.75, 3.05) is 20.2 Å². The predicted molar refractivity (Wildman–Crippen MR) is 90.0 cm³/mol. The second-order valence-corrected chi connectivity index (χ2v) is 6.46. The number of alkyl halides is 3. The molecule has 0 saturated carbocycles. The van der Waals surface area contributed by atoms with Gasteiger partial charge >= 0.3 is 6.18 Å². The first-order valence-electron chi connectivity index (χ1n) is 8.68. The van der Waals surface area contributed by atoms with E-state index in [0.717, 1.165) is 5.56 Å². The smallest absolute Gasteiger partial charge is 0.393 e. The fourth-order valence-corrected chi connectivity index (χ4v) is 3.06. The molecule has 0 aliphatic carbocycles. The summed E-state index contributed by atoms with van der Waals surface area (Å²) in [5.74, 6) is -0.408. The summed E-state index contributed by atoms with van der Waals surface area (Å²) in [5.41, 5.74) is 0.737. The summed E-state index contributed by atoms with van der Waals surface area (Å²) in [5, 5.41) is 3.88. The molecule has 1 aliphatic heterocycles. The van der Waals surface area contributed by atoms with Crippen molar-refractivity contribution in [3.05, 3.63) is 30.2 Å². The van der Waals surface area contributed by atoms with E-state index < -0.39 is 12.1 Å². The summed E-state index contributed by atoms with van der Waals surface area (Å²) in [6, 6.07) is 7.10. The van der Waals surface area contributed by atoms with Gasteiger partial charge in [-0.15, -0.1) is 0 Å². The Kier molecular flexibility index (Phi) is 5.67. The Bertz CT molecular complexity index is 774. The van der Waals surface area contributed by atoms with Crippen molar-refractivity contribution >= 4 is 5.91 Å². The maximum Gasteiger partial charge on any atom is 0.393 e. The highest BCUT2D eigenvalue weighted by molar-refractivity contribution is 5.76. The highest BCUT2D eigenvalue weighted by atomic mass is 19.4. The molecule has 3 rings (SSSR count). The maximum atomic E-state index is 12.9. The molecule has 1 aromatic carbocycles. The van der Waals surface area contributed by atoms with Crippen LogP contribution in [0, 0.1) is 5.92 Å². The lowest BCUT2D eigenvalue weighted by Gasteiger charge is -2.33. The number of aryl methyl sites for hydroxylation is 1. The average Bonchev–Trinajstić information content (AvgIpc) is 3.14. The first kappa shape index (κ1) is 19.2. The minimum Gasteiger partial charge on any atom is -0.497 e. The van der Waals surface area contributed by atoms with Crippen LogP contribution in [0.5, 0.6) is 5.75 Å². The quantitative estimate of drug-likeness (QED) is 0.791. The number of hydrogen-bond acceptors (Lipinski definition) is 5. The van der Waals surface area contributed by atoms with E-state index in [1.54, 1.807) is 31.4 Å². The number of ether oxygens (including phenoxy) is 1. The topological polar surface area (TPSA) is 68.5 Å². The van der Waals surface area contributed by atoms with E-state index in [2.05, 4.69) is 10.1 Å². The van der Waals surface area contributed by atoms with Gasteiger partial charge in [0.1, 0.15) is 5.75 Å². The molecule has 27 heavy (non-hydrogen) atoms. The van der Waals surface area contributed by atoms with Gasteiger partial charge in [-0.3, -0.25) is 4.79 Å². The van der Waals surface area contributed by atoms with Gasteiger partial charge in [0.15, 0.2) is 0 Å².